The molecule has 2 rings (SSSR count). The zero-order chi connectivity index (χ0) is 13.4. The molecular formula is C15H20N2O. The van der Waals surface area contributed by atoms with E-state index in [1.807, 2.05) is 13.8 Å². The second-order valence-corrected chi connectivity index (χ2v) is 6.17. The minimum absolute atomic E-state index is 0.0584. The lowest BCUT2D eigenvalue weighted by atomic mass is 9.57. The van der Waals surface area contributed by atoms with E-state index < -0.39 is 10.8 Å². The van der Waals surface area contributed by atoms with Gasteiger partial charge in [-0.05, 0) is 25.2 Å². The van der Waals surface area contributed by atoms with Gasteiger partial charge in [0.1, 0.15) is 11.2 Å². The van der Waals surface area contributed by atoms with Crippen LogP contribution >= 0.6 is 0 Å². The Balaban J connectivity index is 2.52. The fraction of sp³-hybridized carbons (Fsp3) is 0.800. The summed E-state index contributed by atoms with van der Waals surface area (Å²) in [4.78, 5) is 12.2. The SMILES string of the molecule is C[C@@H]1CCCCC2(C)C(=O)CCC2C1(C#N)C#N. The molecule has 0 saturated heterocycles. The summed E-state index contributed by atoms with van der Waals surface area (Å²) in [5.41, 5.74) is -1.42. The molecule has 3 atom stereocenters. The molecule has 0 radical (unpaired) electrons. The number of nitriles is 2. The quantitative estimate of drug-likeness (QED) is 0.657. The number of Topliss-reactive ketones (excluding diaryl/α,β-unsaturated/α-hetero) is 1. The summed E-state index contributed by atoms with van der Waals surface area (Å²) in [6.07, 6.45) is 5.06. The van der Waals surface area contributed by atoms with Crippen molar-refractivity contribution in [1.29, 1.82) is 10.5 Å². The summed E-state index contributed by atoms with van der Waals surface area (Å²) in [5, 5.41) is 19.2. The predicted molar refractivity (Wildman–Crippen MR) is 67.1 cm³/mol. The number of hydrogen-bond donors (Lipinski definition) is 0. The first-order chi connectivity index (χ1) is 8.51. The molecule has 2 unspecified atom stereocenters. The smallest absolute Gasteiger partial charge is 0.150 e. The first kappa shape index (κ1) is 13.1. The van der Waals surface area contributed by atoms with Crippen LogP contribution in [0.15, 0.2) is 0 Å². The first-order valence-corrected chi connectivity index (χ1v) is 6.87. The van der Waals surface area contributed by atoms with Gasteiger partial charge in [0.25, 0.3) is 0 Å². The molecule has 3 heteroatoms. The molecule has 0 aromatic rings. The van der Waals surface area contributed by atoms with E-state index in [9.17, 15) is 15.3 Å². The third-order valence-electron chi connectivity index (χ3n) is 5.35. The van der Waals surface area contributed by atoms with Crippen molar-refractivity contribution in [2.75, 3.05) is 0 Å². The Kier molecular flexibility index (Phi) is 3.20. The van der Waals surface area contributed by atoms with E-state index >= 15 is 0 Å². The number of ketones is 1. The molecule has 2 saturated carbocycles. The van der Waals surface area contributed by atoms with E-state index in [1.54, 1.807) is 0 Å². The molecule has 0 aromatic heterocycles. The van der Waals surface area contributed by atoms with Gasteiger partial charge < -0.3 is 0 Å². The average Bonchev–Trinajstić information content (AvgIpc) is 2.64. The van der Waals surface area contributed by atoms with Gasteiger partial charge in [-0.3, -0.25) is 4.79 Å². The van der Waals surface area contributed by atoms with Crippen LogP contribution in [0.4, 0.5) is 0 Å². The Labute approximate surface area is 109 Å². The van der Waals surface area contributed by atoms with E-state index in [4.69, 9.17) is 0 Å². The first-order valence-electron chi connectivity index (χ1n) is 6.87. The highest BCUT2D eigenvalue weighted by molar-refractivity contribution is 5.87. The Hall–Kier alpha value is -1.35. The molecule has 0 aliphatic heterocycles. The van der Waals surface area contributed by atoms with E-state index in [1.165, 1.54) is 0 Å². The van der Waals surface area contributed by atoms with Crippen molar-refractivity contribution in [1.82, 2.24) is 0 Å². The van der Waals surface area contributed by atoms with Crippen LogP contribution < -0.4 is 0 Å². The number of carbonyl (C=O) groups excluding carboxylic acids is 1. The number of nitrogens with zero attached hydrogens (tertiary/aromatic N) is 2. The van der Waals surface area contributed by atoms with Crippen molar-refractivity contribution in [3.8, 4) is 12.1 Å². The van der Waals surface area contributed by atoms with Gasteiger partial charge in [0.05, 0.1) is 12.1 Å². The highest BCUT2D eigenvalue weighted by atomic mass is 16.1. The zero-order valence-electron chi connectivity index (χ0n) is 11.2. The molecule has 0 heterocycles. The summed E-state index contributed by atoms with van der Waals surface area (Å²) >= 11 is 0. The molecule has 2 aliphatic carbocycles. The second kappa shape index (κ2) is 4.39. The normalized spacial score (nSPS) is 39.0. The number of rotatable bonds is 0. The van der Waals surface area contributed by atoms with Crippen LogP contribution in [0.1, 0.15) is 52.4 Å². The van der Waals surface area contributed by atoms with Crippen molar-refractivity contribution in [3.05, 3.63) is 0 Å². The van der Waals surface area contributed by atoms with Crippen LogP contribution in [-0.2, 0) is 4.79 Å². The molecule has 0 aromatic carbocycles. The predicted octanol–water partition coefficient (Wildman–Crippen LogP) is 3.22. The molecule has 0 bridgehead atoms. The third kappa shape index (κ3) is 1.57. The van der Waals surface area contributed by atoms with Gasteiger partial charge in [-0.25, -0.2) is 0 Å². The van der Waals surface area contributed by atoms with Crippen molar-refractivity contribution in [2.24, 2.45) is 22.7 Å². The monoisotopic (exact) mass is 244 g/mol. The Morgan fingerprint density at radius 3 is 2.50 bits per heavy atom. The minimum Gasteiger partial charge on any atom is -0.299 e. The van der Waals surface area contributed by atoms with Crippen LogP contribution in [0.25, 0.3) is 0 Å². The number of carbonyl (C=O) groups is 1. The fourth-order valence-electron chi connectivity index (χ4n) is 4.03. The van der Waals surface area contributed by atoms with Gasteiger partial charge >= 0.3 is 0 Å². The maximum atomic E-state index is 12.2. The van der Waals surface area contributed by atoms with Gasteiger partial charge in [-0.15, -0.1) is 0 Å². The number of fused-ring (bicyclic) bond motifs is 1. The minimum atomic E-state index is -0.971. The molecule has 96 valence electrons. The molecule has 18 heavy (non-hydrogen) atoms. The van der Waals surface area contributed by atoms with Crippen LogP contribution in [0.3, 0.4) is 0 Å². The lowest BCUT2D eigenvalue weighted by Crippen LogP contribution is -2.44. The Morgan fingerprint density at radius 2 is 1.89 bits per heavy atom. The summed E-state index contributed by atoms with van der Waals surface area (Å²) in [5.74, 6) is 0.238. The maximum Gasteiger partial charge on any atom is 0.150 e. The summed E-state index contributed by atoms with van der Waals surface area (Å²) in [6, 6.07) is 4.58. The largest absolute Gasteiger partial charge is 0.299 e. The van der Waals surface area contributed by atoms with Crippen LogP contribution in [0.5, 0.6) is 0 Å². The molecule has 2 fully saturated rings. The van der Waals surface area contributed by atoms with E-state index in [-0.39, 0.29) is 17.6 Å². The molecule has 0 spiro atoms. The van der Waals surface area contributed by atoms with Crippen LogP contribution in [0, 0.1) is 45.3 Å². The van der Waals surface area contributed by atoms with Crippen molar-refractivity contribution >= 4 is 5.78 Å². The molecule has 0 amide bonds. The summed E-state index contributed by atoms with van der Waals surface area (Å²) in [7, 11) is 0. The van der Waals surface area contributed by atoms with Crippen LogP contribution in [-0.4, -0.2) is 5.78 Å². The van der Waals surface area contributed by atoms with Crippen LogP contribution in [0.2, 0.25) is 0 Å². The van der Waals surface area contributed by atoms with E-state index in [0.717, 1.165) is 25.7 Å². The lowest BCUT2D eigenvalue weighted by Gasteiger charge is -2.42. The second-order valence-electron chi connectivity index (χ2n) is 6.17. The molecule has 0 N–H and O–H groups in total. The Morgan fingerprint density at radius 1 is 1.22 bits per heavy atom. The average molecular weight is 244 g/mol. The van der Waals surface area contributed by atoms with Crippen molar-refractivity contribution in [3.63, 3.8) is 0 Å². The van der Waals surface area contributed by atoms with E-state index in [2.05, 4.69) is 12.1 Å². The van der Waals surface area contributed by atoms with Crippen molar-refractivity contribution in [2.45, 2.75) is 52.4 Å². The van der Waals surface area contributed by atoms with Gasteiger partial charge in [-0.2, -0.15) is 10.5 Å². The highest BCUT2D eigenvalue weighted by Gasteiger charge is 2.58. The van der Waals surface area contributed by atoms with Gasteiger partial charge in [-0.1, -0.05) is 26.7 Å². The topological polar surface area (TPSA) is 64.7 Å². The third-order valence-corrected chi connectivity index (χ3v) is 5.35. The number of hydrogen-bond acceptors (Lipinski definition) is 3. The molecule has 2 aliphatic rings. The molecule has 3 nitrogen and oxygen atoms in total. The van der Waals surface area contributed by atoms with Crippen molar-refractivity contribution < 1.29 is 4.79 Å². The highest BCUT2D eigenvalue weighted by Crippen LogP contribution is 2.56. The maximum absolute atomic E-state index is 12.2. The Bertz CT molecular complexity index is 428. The van der Waals surface area contributed by atoms with Gasteiger partial charge in [0.15, 0.2) is 0 Å². The molecular weight excluding hydrogens is 224 g/mol. The summed E-state index contributed by atoms with van der Waals surface area (Å²) in [6.45, 7) is 3.98. The standard InChI is InChI=1S/C15H20N2O/c1-11-5-3-4-8-14(2)12(6-7-13(14)18)15(11,9-16)10-17/h11-12H,3-8H2,1-2H3/t11-,12?,14?/m1/s1. The van der Waals surface area contributed by atoms with Gasteiger partial charge in [0.2, 0.25) is 0 Å². The van der Waals surface area contributed by atoms with Gasteiger partial charge in [0, 0.05) is 17.8 Å². The lowest BCUT2D eigenvalue weighted by molar-refractivity contribution is -0.128. The van der Waals surface area contributed by atoms with E-state index in [0.29, 0.717) is 12.8 Å². The fourth-order valence-corrected chi connectivity index (χ4v) is 4.03. The summed E-state index contributed by atoms with van der Waals surface area (Å²) < 4.78 is 0. The zero-order valence-corrected chi connectivity index (χ0v) is 11.2.